The van der Waals surface area contributed by atoms with E-state index in [1.54, 1.807) is 25.7 Å². The molecule has 1 heterocycles. The van der Waals surface area contributed by atoms with Crippen LogP contribution in [-0.4, -0.2) is 23.6 Å². The van der Waals surface area contributed by atoms with E-state index in [9.17, 15) is 0 Å². The SMILES string of the molecule is CCCNC(CC1CC2CCC1C2)C1CCCCS1. The topological polar surface area (TPSA) is 12.0 Å². The lowest BCUT2D eigenvalue weighted by atomic mass is 9.83. The van der Waals surface area contributed by atoms with Gasteiger partial charge in [-0.2, -0.15) is 11.8 Å². The summed E-state index contributed by atoms with van der Waals surface area (Å²) in [6.07, 6.45) is 13.4. The molecule has 0 spiro atoms. The number of thioether (sulfide) groups is 1. The highest BCUT2D eigenvalue weighted by Crippen LogP contribution is 2.50. The van der Waals surface area contributed by atoms with Crippen molar-refractivity contribution in [3.05, 3.63) is 0 Å². The first-order valence-corrected chi connectivity index (χ1v) is 9.76. The molecule has 0 aromatic carbocycles. The molecule has 1 nitrogen and oxygen atoms in total. The van der Waals surface area contributed by atoms with Gasteiger partial charge in [-0.1, -0.05) is 19.8 Å². The molecule has 0 aromatic rings. The van der Waals surface area contributed by atoms with Gasteiger partial charge in [0.05, 0.1) is 0 Å². The normalized spacial score (nSPS) is 39.6. The van der Waals surface area contributed by atoms with E-state index in [1.165, 1.54) is 44.4 Å². The molecule has 5 unspecified atom stereocenters. The van der Waals surface area contributed by atoms with Gasteiger partial charge in [0.15, 0.2) is 0 Å². The van der Waals surface area contributed by atoms with Crippen LogP contribution in [0.15, 0.2) is 0 Å². The fraction of sp³-hybridized carbons (Fsp3) is 1.00. The van der Waals surface area contributed by atoms with Crippen LogP contribution in [0.5, 0.6) is 0 Å². The second kappa shape index (κ2) is 6.85. The largest absolute Gasteiger partial charge is 0.313 e. The Kier molecular flexibility index (Phi) is 5.14. The molecule has 0 aromatic heterocycles. The minimum atomic E-state index is 0.814. The molecule has 2 saturated carbocycles. The van der Waals surface area contributed by atoms with Gasteiger partial charge in [-0.3, -0.25) is 0 Å². The number of hydrogen-bond acceptors (Lipinski definition) is 2. The Labute approximate surface area is 123 Å². The summed E-state index contributed by atoms with van der Waals surface area (Å²) >= 11 is 2.26. The summed E-state index contributed by atoms with van der Waals surface area (Å²) in [5.74, 6) is 4.69. The van der Waals surface area contributed by atoms with Crippen molar-refractivity contribution in [2.45, 2.75) is 76.0 Å². The van der Waals surface area contributed by atoms with Gasteiger partial charge in [0.2, 0.25) is 0 Å². The van der Waals surface area contributed by atoms with Gasteiger partial charge in [0.1, 0.15) is 0 Å². The Morgan fingerprint density at radius 2 is 2.11 bits per heavy atom. The molecule has 5 atom stereocenters. The van der Waals surface area contributed by atoms with E-state index < -0.39 is 0 Å². The van der Waals surface area contributed by atoms with Gasteiger partial charge in [-0.05, 0) is 75.0 Å². The maximum atomic E-state index is 3.90. The minimum absolute atomic E-state index is 0.814. The van der Waals surface area contributed by atoms with Crippen molar-refractivity contribution in [3.8, 4) is 0 Å². The summed E-state index contributed by atoms with van der Waals surface area (Å²) in [5.41, 5.74) is 0. The van der Waals surface area contributed by atoms with Gasteiger partial charge in [0.25, 0.3) is 0 Å². The lowest BCUT2D eigenvalue weighted by molar-refractivity contribution is 0.271. The van der Waals surface area contributed by atoms with Crippen molar-refractivity contribution in [1.29, 1.82) is 0 Å². The summed E-state index contributed by atoms with van der Waals surface area (Å²) < 4.78 is 0. The van der Waals surface area contributed by atoms with Crippen LogP contribution in [0.3, 0.4) is 0 Å². The van der Waals surface area contributed by atoms with E-state index in [2.05, 4.69) is 24.0 Å². The van der Waals surface area contributed by atoms with Crippen molar-refractivity contribution in [2.24, 2.45) is 17.8 Å². The molecule has 1 saturated heterocycles. The highest BCUT2D eigenvalue weighted by molar-refractivity contribution is 8.00. The Balaban J connectivity index is 1.55. The zero-order chi connectivity index (χ0) is 13.1. The Hall–Kier alpha value is 0.310. The number of hydrogen-bond donors (Lipinski definition) is 1. The van der Waals surface area contributed by atoms with Crippen LogP contribution in [0.1, 0.15) is 64.7 Å². The summed E-state index contributed by atoms with van der Waals surface area (Å²) in [4.78, 5) is 0. The Morgan fingerprint density at radius 3 is 2.74 bits per heavy atom. The maximum absolute atomic E-state index is 3.90. The quantitative estimate of drug-likeness (QED) is 0.771. The molecule has 0 amide bonds. The van der Waals surface area contributed by atoms with E-state index in [4.69, 9.17) is 0 Å². The molecular weight excluding hydrogens is 250 g/mol. The molecule has 2 bridgehead atoms. The molecule has 1 aliphatic heterocycles. The summed E-state index contributed by atoms with van der Waals surface area (Å²) in [6.45, 7) is 3.53. The third kappa shape index (κ3) is 3.50. The zero-order valence-corrected chi connectivity index (χ0v) is 13.4. The van der Waals surface area contributed by atoms with E-state index >= 15 is 0 Å². The van der Waals surface area contributed by atoms with E-state index in [1.807, 2.05) is 0 Å². The predicted octanol–water partition coefficient (Wildman–Crippen LogP) is 4.47. The summed E-state index contributed by atoms with van der Waals surface area (Å²) in [7, 11) is 0. The van der Waals surface area contributed by atoms with Crippen LogP contribution in [0, 0.1) is 17.8 Å². The van der Waals surface area contributed by atoms with Crippen LogP contribution in [0.2, 0.25) is 0 Å². The Morgan fingerprint density at radius 1 is 1.16 bits per heavy atom. The van der Waals surface area contributed by atoms with Crippen molar-refractivity contribution >= 4 is 11.8 Å². The summed E-state index contributed by atoms with van der Waals surface area (Å²) in [5, 5.41) is 4.82. The van der Waals surface area contributed by atoms with Gasteiger partial charge >= 0.3 is 0 Å². The second-order valence-corrected chi connectivity index (χ2v) is 8.48. The lowest BCUT2D eigenvalue weighted by Crippen LogP contribution is -2.41. The number of fused-ring (bicyclic) bond motifs is 2. The maximum Gasteiger partial charge on any atom is 0.0201 e. The minimum Gasteiger partial charge on any atom is -0.313 e. The van der Waals surface area contributed by atoms with Crippen molar-refractivity contribution in [2.75, 3.05) is 12.3 Å². The average Bonchev–Trinajstić information content (AvgIpc) is 3.07. The van der Waals surface area contributed by atoms with Crippen molar-refractivity contribution in [1.82, 2.24) is 5.32 Å². The fourth-order valence-electron chi connectivity index (χ4n) is 4.77. The van der Waals surface area contributed by atoms with Crippen LogP contribution in [0.4, 0.5) is 0 Å². The van der Waals surface area contributed by atoms with E-state index in [0.29, 0.717) is 0 Å². The van der Waals surface area contributed by atoms with E-state index in [-0.39, 0.29) is 0 Å². The average molecular weight is 282 g/mol. The van der Waals surface area contributed by atoms with Crippen LogP contribution < -0.4 is 5.32 Å². The highest BCUT2D eigenvalue weighted by atomic mass is 32.2. The standard InChI is InChI=1S/C17H31NS/c1-2-8-18-16(17-5-3-4-9-19-17)12-15-11-13-6-7-14(15)10-13/h13-18H,2-12H2,1H3. The monoisotopic (exact) mass is 281 g/mol. The molecule has 2 aliphatic carbocycles. The molecule has 3 aliphatic rings. The summed E-state index contributed by atoms with van der Waals surface area (Å²) in [6, 6.07) is 0.814. The third-order valence-corrected chi connectivity index (χ3v) is 7.28. The predicted molar refractivity (Wildman–Crippen MR) is 85.7 cm³/mol. The van der Waals surface area contributed by atoms with Crippen molar-refractivity contribution < 1.29 is 0 Å². The first-order chi connectivity index (χ1) is 9.36. The molecular formula is C17H31NS. The van der Waals surface area contributed by atoms with Crippen LogP contribution >= 0.6 is 11.8 Å². The smallest absolute Gasteiger partial charge is 0.0201 e. The molecule has 19 heavy (non-hydrogen) atoms. The van der Waals surface area contributed by atoms with Gasteiger partial charge in [0, 0.05) is 11.3 Å². The van der Waals surface area contributed by atoms with Gasteiger partial charge in [-0.25, -0.2) is 0 Å². The molecule has 3 rings (SSSR count). The van der Waals surface area contributed by atoms with E-state index in [0.717, 1.165) is 29.0 Å². The molecule has 110 valence electrons. The van der Waals surface area contributed by atoms with Crippen molar-refractivity contribution in [3.63, 3.8) is 0 Å². The molecule has 1 N–H and O–H groups in total. The highest BCUT2D eigenvalue weighted by Gasteiger charge is 2.41. The first kappa shape index (κ1) is 14.3. The number of rotatable bonds is 6. The van der Waals surface area contributed by atoms with Crippen LogP contribution in [0.25, 0.3) is 0 Å². The second-order valence-electron chi connectivity index (χ2n) is 7.14. The molecule has 2 heteroatoms. The number of nitrogens with one attached hydrogen (secondary N) is 1. The van der Waals surface area contributed by atoms with Crippen LogP contribution in [-0.2, 0) is 0 Å². The molecule has 3 fully saturated rings. The molecule has 0 radical (unpaired) electrons. The van der Waals surface area contributed by atoms with Gasteiger partial charge in [-0.15, -0.1) is 0 Å². The zero-order valence-electron chi connectivity index (χ0n) is 12.6. The van der Waals surface area contributed by atoms with Gasteiger partial charge < -0.3 is 5.32 Å². The lowest BCUT2D eigenvalue weighted by Gasteiger charge is -2.34. The third-order valence-electron chi connectivity index (χ3n) is 5.76. The fourth-order valence-corrected chi connectivity index (χ4v) is 6.22. The first-order valence-electron chi connectivity index (χ1n) is 8.71. The Bertz CT molecular complexity index is 274.